The highest BCUT2D eigenvalue weighted by molar-refractivity contribution is 5.93. The number of benzene rings is 2. The summed E-state index contributed by atoms with van der Waals surface area (Å²) in [6, 6.07) is 20.9. The van der Waals surface area contributed by atoms with Crippen molar-refractivity contribution in [3.8, 4) is 34.0 Å². The highest BCUT2D eigenvalue weighted by atomic mass is 16.6. The molecule has 0 spiro atoms. The lowest BCUT2D eigenvalue weighted by molar-refractivity contribution is 0.0270. The molecule has 2 atom stereocenters. The van der Waals surface area contributed by atoms with Crippen LogP contribution in [0.15, 0.2) is 66.9 Å². The highest BCUT2D eigenvalue weighted by Gasteiger charge is 2.33. The Morgan fingerprint density at radius 1 is 1.00 bits per heavy atom. The second-order valence-corrected chi connectivity index (χ2v) is 13.8. The summed E-state index contributed by atoms with van der Waals surface area (Å²) < 4.78 is 18.7. The van der Waals surface area contributed by atoms with Gasteiger partial charge in [0.25, 0.3) is 0 Å². The van der Waals surface area contributed by atoms with Gasteiger partial charge in [-0.25, -0.2) is 9.78 Å². The zero-order valence-electron chi connectivity index (χ0n) is 28.2. The molecular formula is C39H43N5O4. The van der Waals surface area contributed by atoms with Gasteiger partial charge in [-0.2, -0.15) is 5.10 Å². The van der Waals surface area contributed by atoms with Gasteiger partial charge in [0.05, 0.1) is 26.3 Å². The number of nitrogens with zero attached hydrogens (tertiary/aromatic N) is 4. The van der Waals surface area contributed by atoms with Gasteiger partial charge in [-0.05, 0) is 106 Å². The number of hydrogen-bond donors (Lipinski definition) is 1. The Morgan fingerprint density at radius 3 is 2.56 bits per heavy atom. The van der Waals surface area contributed by atoms with Crippen molar-refractivity contribution in [2.45, 2.75) is 76.9 Å². The van der Waals surface area contributed by atoms with Crippen molar-refractivity contribution in [1.82, 2.24) is 19.7 Å². The van der Waals surface area contributed by atoms with Gasteiger partial charge in [-0.3, -0.25) is 9.67 Å². The van der Waals surface area contributed by atoms with Crippen molar-refractivity contribution in [3.05, 3.63) is 89.2 Å². The molecule has 48 heavy (non-hydrogen) atoms. The molecular weight excluding hydrogens is 602 g/mol. The van der Waals surface area contributed by atoms with Crippen LogP contribution in [-0.4, -0.2) is 45.7 Å². The Bertz CT molecular complexity index is 1950. The molecule has 0 bridgehead atoms. The highest BCUT2D eigenvalue weighted by Crippen LogP contribution is 2.43. The van der Waals surface area contributed by atoms with E-state index in [4.69, 9.17) is 35.0 Å². The first kappa shape index (κ1) is 31.7. The van der Waals surface area contributed by atoms with E-state index in [-0.39, 0.29) is 0 Å². The predicted octanol–water partition coefficient (Wildman–Crippen LogP) is 7.86. The Kier molecular flexibility index (Phi) is 8.54. The Labute approximate surface area is 281 Å². The van der Waals surface area contributed by atoms with Crippen molar-refractivity contribution in [2.24, 2.45) is 11.7 Å². The van der Waals surface area contributed by atoms with Crippen molar-refractivity contribution in [1.29, 1.82) is 0 Å². The fraction of sp³-hybridized carbons (Fsp3) is 0.385. The number of nitrogens with two attached hydrogens (primary N) is 1. The molecule has 0 aliphatic heterocycles. The molecule has 1 saturated carbocycles. The summed E-state index contributed by atoms with van der Waals surface area (Å²) in [5.41, 5.74) is 15.1. The minimum Gasteiger partial charge on any atom is -0.497 e. The molecule has 2 aliphatic carbocycles. The lowest BCUT2D eigenvalue weighted by Gasteiger charge is -2.27. The lowest BCUT2D eigenvalue weighted by atomic mass is 9.91. The largest absolute Gasteiger partial charge is 0.497 e. The predicted molar refractivity (Wildman–Crippen MR) is 186 cm³/mol. The van der Waals surface area contributed by atoms with Crippen molar-refractivity contribution >= 4 is 17.1 Å². The first-order valence-electron chi connectivity index (χ1n) is 16.9. The summed E-state index contributed by atoms with van der Waals surface area (Å²) in [5.74, 6) is 2.35. The van der Waals surface area contributed by atoms with Crippen LogP contribution >= 0.6 is 0 Å². The molecule has 5 aromatic rings. The van der Waals surface area contributed by atoms with Crippen LogP contribution in [0.5, 0.6) is 11.5 Å². The van der Waals surface area contributed by atoms with E-state index in [2.05, 4.69) is 48.5 Å². The van der Waals surface area contributed by atoms with Crippen molar-refractivity contribution in [2.75, 3.05) is 14.2 Å². The van der Waals surface area contributed by atoms with Crippen LogP contribution in [0.25, 0.3) is 33.5 Å². The average molecular weight is 646 g/mol. The molecule has 248 valence electrons. The average Bonchev–Trinajstić information content (AvgIpc) is 3.83. The number of hydrogen-bond acceptors (Lipinski definition) is 7. The van der Waals surface area contributed by atoms with Crippen LogP contribution in [0.2, 0.25) is 0 Å². The van der Waals surface area contributed by atoms with E-state index >= 15 is 0 Å². The summed E-state index contributed by atoms with van der Waals surface area (Å²) in [4.78, 5) is 21.7. The number of amides is 1. The van der Waals surface area contributed by atoms with Gasteiger partial charge >= 0.3 is 6.09 Å². The second-order valence-electron chi connectivity index (χ2n) is 13.8. The number of primary amides is 1. The molecule has 2 N–H and O–H groups in total. The number of ether oxygens (including phenoxy) is 3. The zero-order valence-corrected chi connectivity index (χ0v) is 28.2. The summed E-state index contributed by atoms with van der Waals surface area (Å²) >= 11 is 0. The SMILES string of the molecule is COc1ccc(Cn2nc(-c3ccc(C4CCC(CC(C)(C)OC(N)=O)C4)nc3)c3nc(-c4cccc5c4CCC5)c(OC)cc32)cc1. The Morgan fingerprint density at radius 2 is 1.83 bits per heavy atom. The monoisotopic (exact) mass is 645 g/mol. The maximum atomic E-state index is 11.4. The second kappa shape index (κ2) is 12.9. The van der Waals surface area contributed by atoms with E-state index in [1.807, 2.05) is 36.9 Å². The molecule has 9 nitrogen and oxygen atoms in total. The summed E-state index contributed by atoms with van der Waals surface area (Å²) in [7, 11) is 3.38. The number of methoxy groups -OCH3 is 2. The van der Waals surface area contributed by atoms with E-state index in [1.54, 1.807) is 14.2 Å². The van der Waals surface area contributed by atoms with E-state index in [9.17, 15) is 4.79 Å². The molecule has 2 unspecified atom stereocenters. The molecule has 0 radical (unpaired) electrons. The van der Waals surface area contributed by atoms with Gasteiger partial charge < -0.3 is 19.9 Å². The molecule has 7 rings (SSSR count). The molecule has 2 aliphatic rings. The normalized spacial score (nSPS) is 17.4. The van der Waals surface area contributed by atoms with E-state index < -0.39 is 11.7 Å². The van der Waals surface area contributed by atoms with Crippen LogP contribution in [-0.2, 0) is 24.1 Å². The van der Waals surface area contributed by atoms with Crippen LogP contribution in [0.1, 0.15) is 74.3 Å². The summed E-state index contributed by atoms with van der Waals surface area (Å²) in [6.07, 6.45) is 8.41. The maximum absolute atomic E-state index is 11.4. The van der Waals surface area contributed by atoms with E-state index in [0.717, 1.165) is 101 Å². The quantitative estimate of drug-likeness (QED) is 0.164. The first-order chi connectivity index (χ1) is 23.2. The lowest BCUT2D eigenvalue weighted by Crippen LogP contribution is -2.32. The number of fused-ring (bicyclic) bond motifs is 2. The molecule has 3 heterocycles. The van der Waals surface area contributed by atoms with E-state index in [0.29, 0.717) is 18.4 Å². The molecule has 1 amide bonds. The number of rotatable bonds is 10. The van der Waals surface area contributed by atoms with Gasteiger partial charge in [0.1, 0.15) is 34.0 Å². The molecule has 2 aromatic carbocycles. The number of carbonyl (C=O) groups is 1. The van der Waals surface area contributed by atoms with Gasteiger partial charge in [0.15, 0.2) is 0 Å². The number of aromatic nitrogens is 4. The fourth-order valence-electron chi connectivity index (χ4n) is 7.81. The van der Waals surface area contributed by atoms with Crippen molar-refractivity contribution in [3.63, 3.8) is 0 Å². The van der Waals surface area contributed by atoms with Gasteiger partial charge in [0.2, 0.25) is 0 Å². The number of aryl methyl sites for hydroxylation is 1. The summed E-state index contributed by atoms with van der Waals surface area (Å²) in [6.45, 7) is 4.42. The minimum absolute atomic E-state index is 0.354. The zero-order chi connectivity index (χ0) is 33.4. The molecule has 1 fully saturated rings. The van der Waals surface area contributed by atoms with E-state index in [1.165, 1.54) is 11.1 Å². The van der Waals surface area contributed by atoms with Crippen LogP contribution in [0.4, 0.5) is 4.79 Å². The molecule has 0 saturated heterocycles. The Balaban J connectivity index is 1.24. The fourth-order valence-corrected chi connectivity index (χ4v) is 7.81. The van der Waals surface area contributed by atoms with Gasteiger partial charge in [-0.1, -0.05) is 30.3 Å². The molecule has 9 heteroatoms. The standard InChI is InChI=1S/C39H43N5O4/c1-39(2,48-38(40)45)21-25-11-14-27(19-25)32-18-15-28(22-41-32)35-37-33(44(43-35)23-24-12-16-29(46-3)17-13-24)20-34(47-4)36(42-37)31-10-6-8-26-7-5-9-30(26)31/h6,8,10,12-13,15-18,20,22,25,27H,5,7,9,11,14,19,21,23H2,1-4H3,(H2,40,45). The van der Waals surface area contributed by atoms with Gasteiger partial charge in [-0.15, -0.1) is 0 Å². The topological polar surface area (TPSA) is 114 Å². The third-order valence-electron chi connectivity index (χ3n) is 9.98. The van der Waals surface area contributed by atoms with Crippen molar-refractivity contribution < 1.29 is 19.0 Å². The minimum atomic E-state index is -0.724. The maximum Gasteiger partial charge on any atom is 0.405 e. The summed E-state index contributed by atoms with van der Waals surface area (Å²) in [5, 5.41) is 5.16. The van der Waals surface area contributed by atoms with Crippen LogP contribution in [0, 0.1) is 5.92 Å². The van der Waals surface area contributed by atoms with Crippen LogP contribution < -0.4 is 15.2 Å². The smallest absolute Gasteiger partial charge is 0.405 e. The third kappa shape index (κ3) is 6.33. The number of carbonyl (C=O) groups excluding carboxylic acids is 1. The first-order valence-corrected chi connectivity index (χ1v) is 16.9. The van der Waals surface area contributed by atoms with Gasteiger partial charge in [0, 0.05) is 35.0 Å². The molecule has 3 aromatic heterocycles. The Hall–Kier alpha value is -4.92. The van der Waals surface area contributed by atoms with Crippen LogP contribution in [0.3, 0.4) is 0 Å². The number of pyridine rings is 2. The third-order valence-corrected chi connectivity index (χ3v) is 9.98.